The van der Waals surface area contributed by atoms with E-state index in [1.54, 1.807) is 0 Å². The zero-order valence-corrected chi connectivity index (χ0v) is 17.6. The van der Waals surface area contributed by atoms with Gasteiger partial charge in [-0.05, 0) is 63.7 Å². The lowest BCUT2D eigenvalue weighted by Gasteiger charge is -2.20. The molecule has 0 aliphatic carbocycles. The molecular weight excluding hydrogens is 389 g/mol. The minimum absolute atomic E-state index is 0.431. The van der Waals surface area contributed by atoms with Crippen molar-refractivity contribution < 1.29 is 19.2 Å². The summed E-state index contributed by atoms with van der Waals surface area (Å²) in [6, 6.07) is 8.29. The molecule has 2 rings (SSSR count). The number of nitrogens with zero attached hydrogens (tertiary/aromatic N) is 2. The summed E-state index contributed by atoms with van der Waals surface area (Å²) in [5, 5.41) is 5.44. The molecule has 0 fully saturated rings. The molecule has 1 unspecified atom stereocenters. The molecule has 0 aliphatic heterocycles. The van der Waals surface area contributed by atoms with Gasteiger partial charge < -0.3 is 24.9 Å². The number of anilines is 1. The zero-order valence-electron chi connectivity index (χ0n) is 16.0. The summed E-state index contributed by atoms with van der Waals surface area (Å²) in [6.07, 6.45) is 4.21. The van der Waals surface area contributed by atoms with Crippen molar-refractivity contribution in [2.45, 2.75) is 39.7 Å². The van der Waals surface area contributed by atoms with Crippen molar-refractivity contribution in [3.8, 4) is 0 Å². The van der Waals surface area contributed by atoms with Crippen LogP contribution in [-0.4, -0.2) is 50.2 Å². The molecule has 0 saturated heterocycles. The number of phosphoric acid groups is 1. The summed E-state index contributed by atoms with van der Waals surface area (Å²) >= 11 is 6.12. The van der Waals surface area contributed by atoms with Gasteiger partial charge in [0.2, 0.25) is 0 Å². The van der Waals surface area contributed by atoms with Crippen molar-refractivity contribution in [3.63, 3.8) is 0 Å². The van der Waals surface area contributed by atoms with Crippen molar-refractivity contribution in [1.29, 1.82) is 0 Å². The highest BCUT2D eigenvalue weighted by Gasteiger charge is 2.07. The standard InChI is InChI=1S/C18H26ClN3.H3O4P/c1-4-22(5-2)12-6-7-14(3)21-18-10-11-20-17-9-8-15(19)13-16(17)18;1-5(2,3)4/h8-11,13-14H,4-7,12H2,1-3H3,(H,20,21);(H3,1,2,3,4). The van der Waals surface area contributed by atoms with E-state index in [2.05, 4.69) is 36.0 Å². The molecule has 0 saturated carbocycles. The van der Waals surface area contributed by atoms with E-state index < -0.39 is 7.82 Å². The Bertz CT molecular complexity index is 744. The number of hydrogen-bond acceptors (Lipinski definition) is 4. The van der Waals surface area contributed by atoms with Crippen molar-refractivity contribution in [2.24, 2.45) is 0 Å². The number of hydrogen-bond donors (Lipinski definition) is 4. The summed E-state index contributed by atoms with van der Waals surface area (Å²) in [5.74, 6) is 0. The van der Waals surface area contributed by atoms with Gasteiger partial charge in [0.1, 0.15) is 0 Å². The maximum Gasteiger partial charge on any atom is 0.466 e. The van der Waals surface area contributed by atoms with Gasteiger partial charge in [0.25, 0.3) is 0 Å². The van der Waals surface area contributed by atoms with Gasteiger partial charge in [-0.3, -0.25) is 4.98 Å². The molecule has 4 N–H and O–H groups in total. The van der Waals surface area contributed by atoms with Gasteiger partial charge in [-0.1, -0.05) is 25.4 Å². The molecule has 0 bridgehead atoms. The summed E-state index contributed by atoms with van der Waals surface area (Å²) in [7, 11) is -4.64. The van der Waals surface area contributed by atoms with E-state index >= 15 is 0 Å². The predicted molar refractivity (Wildman–Crippen MR) is 111 cm³/mol. The first-order chi connectivity index (χ1) is 12.6. The Kier molecular flexibility index (Phi) is 10.2. The van der Waals surface area contributed by atoms with Crippen LogP contribution in [0.25, 0.3) is 10.9 Å². The monoisotopic (exact) mass is 417 g/mol. The fraction of sp³-hybridized carbons (Fsp3) is 0.500. The number of benzene rings is 1. The van der Waals surface area contributed by atoms with Crippen LogP contribution in [0.1, 0.15) is 33.6 Å². The summed E-state index contributed by atoms with van der Waals surface area (Å²) in [5.41, 5.74) is 2.09. The van der Waals surface area contributed by atoms with Crippen LogP contribution in [0.5, 0.6) is 0 Å². The smallest absolute Gasteiger partial charge is 0.382 e. The van der Waals surface area contributed by atoms with Crippen LogP contribution in [-0.2, 0) is 4.57 Å². The lowest BCUT2D eigenvalue weighted by Crippen LogP contribution is -2.25. The molecule has 0 radical (unpaired) electrons. The van der Waals surface area contributed by atoms with Gasteiger partial charge >= 0.3 is 7.82 Å². The first-order valence-corrected chi connectivity index (χ1v) is 10.9. The zero-order chi connectivity index (χ0) is 20.4. The second-order valence-corrected chi connectivity index (χ2v) is 7.71. The van der Waals surface area contributed by atoms with E-state index in [-0.39, 0.29) is 0 Å². The van der Waals surface area contributed by atoms with Crippen LogP contribution < -0.4 is 5.32 Å². The highest BCUT2D eigenvalue weighted by Crippen LogP contribution is 2.26. The first kappa shape index (κ1) is 23.8. The van der Waals surface area contributed by atoms with E-state index in [1.165, 1.54) is 13.0 Å². The summed E-state index contributed by atoms with van der Waals surface area (Å²) in [6.45, 7) is 10.1. The van der Waals surface area contributed by atoms with Crippen LogP contribution in [0, 0.1) is 0 Å². The van der Waals surface area contributed by atoms with E-state index in [4.69, 9.17) is 30.8 Å². The Labute approximate surface area is 165 Å². The average molecular weight is 418 g/mol. The lowest BCUT2D eigenvalue weighted by atomic mass is 10.1. The van der Waals surface area contributed by atoms with E-state index in [0.29, 0.717) is 6.04 Å². The second-order valence-electron chi connectivity index (χ2n) is 6.25. The molecule has 1 aromatic carbocycles. The molecule has 0 spiro atoms. The Morgan fingerprint density at radius 3 is 2.44 bits per heavy atom. The Morgan fingerprint density at radius 2 is 1.85 bits per heavy atom. The quantitative estimate of drug-likeness (QED) is 0.483. The number of fused-ring (bicyclic) bond motifs is 1. The fourth-order valence-corrected chi connectivity index (χ4v) is 2.91. The predicted octanol–water partition coefficient (Wildman–Crippen LogP) is 3.88. The normalized spacial score (nSPS) is 12.6. The van der Waals surface area contributed by atoms with E-state index in [1.807, 2.05) is 30.5 Å². The van der Waals surface area contributed by atoms with Gasteiger partial charge in [0.15, 0.2) is 0 Å². The molecule has 1 aromatic heterocycles. The SMILES string of the molecule is CCN(CC)CCCC(C)Nc1ccnc2ccc(Cl)cc12.O=P(O)(O)O. The van der Waals surface area contributed by atoms with Gasteiger partial charge in [0, 0.05) is 28.3 Å². The molecule has 0 aliphatic rings. The molecule has 27 heavy (non-hydrogen) atoms. The molecular formula is C18H29ClN3O4P. The van der Waals surface area contributed by atoms with Crippen molar-refractivity contribution in [3.05, 3.63) is 35.5 Å². The minimum Gasteiger partial charge on any atom is -0.382 e. The number of aromatic nitrogens is 1. The van der Waals surface area contributed by atoms with E-state index in [0.717, 1.165) is 41.1 Å². The Balaban J connectivity index is 0.000000646. The van der Waals surface area contributed by atoms with Crippen molar-refractivity contribution >= 4 is 36.0 Å². The molecule has 0 amide bonds. The largest absolute Gasteiger partial charge is 0.466 e. The molecule has 9 heteroatoms. The third-order valence-corrected chi connectivity index (χ3v) is 4.35. The second kappa shape index (κ2) is 11.6. The maximum absolute atomic E-state index is 8.88. The number of nitrogens with one attached hydrogen (secondary N) is 1. The van der Waals surface area contributed by atoms with Gasteiger partial charge in [0.05, 0.1) is 5.52 Å². The van der Waals surface area contributed by atoms with Crippen molar-refractivity contribution in [2.75, 3.05) is 25.0 Å². The van der Waals surface area contributed by atoms with Crippen LogP contribution in [0.2, 0.25) is 5.02 Å². The molecule has 1 heterocycles. The molecule has 152 valence electrons. The number of pyridine rings is 1. The van der Waals surface area contributed by atoms with Crippen LogP contribution in [0.3, 0.4) is 0 Å². The van der Waals surface area contributed by atoms with Crippen LogP contribution in [0.15, 0.2) is 30.5 Å². The average Bonchev–Trinajstić information content (AvgIpc) is 2.58. The third-order valence-electron chi connectivity index (χ3n) is 4.11. The topological polar surface area (TPSA) is 106 Å². The lowest BCUT2D eigenvalue weighted by molar-refractivity contribution is 0.275. The third kappa shape index (κ3) is 10.1. The Hall–Kier alpha value is -1.21. The van der Waals surface area contributed by atoms with Crippen LogP contribution in [0.4, 0.5) is 5.69 Å². The highest BCUT2D eigenvalue weighted by molar-refractivity contribution is 7.45. The Morgan fingerprint density at radius 1 is 1.22 bits per heavy atom. The van der Waals surface area contributed by atoms with E-state index in [9.17, 15) is 0 Å². The molecule has 7 nitrogen and oxygen atoms in total. The van der Waals surface area contributed by atoms with Gasteiger partial charge in [-0.25, -0.2) is 4.57 Å². The summed E-state index contributed by atoms with van der Waals surface area (Å²) in [4.78, 5) is 28.4. The van der Waals surface area contributed by atoms with Gasteiger partial charge in [-0.2, -0.15) is 0 Å². The van der Waals surface area contributed by atoms with Crippen molar-refractivity contribution in [1.82, 2.24) is 9.88 Å². The molecule has 1 atom stereocenters. The minimum atomic E-state index is -4.64. The first-order valence-electron chi connectivity index (χ1n) is 8.95. The highest BCUT2D eigenvalue weighted by atomic mass is 35.5. The number of rotatable bonds is 8. The number of halogens is 1. The fourth-order valence-electron chi connectivity index (χ4n) is 2.74. The molecule has 2 aromatic rings. The summed E-state index contributed by atoms with van der Waals surface area (Å²) < 4.78 is 8.88. The van der Waals surface area contributed by atoms with Crippen LogP contribution >= 0.6 is 19.4 Å². The maximum atomic E-state index is 8.88. The van der Waals surface area contributed by atoms with Gasteiger partial charge in [-0.15, -0.1) is 0 Å².